The number of aromatic nitrogens is 4. The van der Waals surface area contributed by atoms with Gasteiger partial charge in [-0.25, -0.2) is 4.79 Å². The third-order valence-electron chi connectivity index (χ3n) is 5.89. The highest BCUT2D eigenvalue weighted by molar-refractivity contribution is 6.31. The first-order valence-corrected chi connectivity index (χ1v) is 10.7. The Labute approximate surface area is 188 Å². The van der Waals surface area contributed by atoms with Gasteiger partial charge < -0.3 is 14.2 Å². The van der Waals surface area contributed by atoms with Gasteiger partial charge >= 0.3 is 5.69 Å². The van der Waals surface area contributed by atoms with Gasteiger partial charge in [-0.3, -0.25) is 13.9 Å². The summed E-state index contributed by atoms with van der Waals surface area (Å²) >= 11 is 6.28. The number of ether oxygens (including phenoxy) is 1. The zero-order chi connectivity index (χ0) is 22.4. The fourth-order valence-corrected chi connectivity index (χ4v) is 4.40. The van der Waals surface area contributed by atoms with E-state index in [4.69, 9.17) is 21.3 Å². The quantitative estimate of drug-likeness (QED) is 0.476. The number of imidazole rings is 1. The summed E-state index contributed by atoms with van der Waals surface area (Å²) in [5, 5.41) is 0.516. The van der Waals surface area contributed by atoms with Gasteiger partial charge in [0.25, 0.3) is 5.56 Å². The van der Waals surface area contributed by atoms with E-state index in [1.807, 2.05) is 47.0 Å². The highest BCUT2D eigenvalue weighted by atomic mass is 35.5. The molecule has 2 aromatic heterocycles. The van der Waals surface area contributed by atoms with Crippen molar-refractivity contribution in [3.63, 3.8) is 0 Å². The highest BCUT2D eigenvalue weighted by Crippen LogP contribution is 2.31. The Hall–Kier alpha value is -3.52. The molecule has 0 N–H and O–H groups in total. The predicted molar refractivity (Wildman–Crippen MR) is 124 cm³/mol. The largest absolute Gasteiger partial charge is 0.497 e. The average Bonchev–Trinajstić information content (AvgIpc) is 3.22. The van der Waals surface area contributed by atoms with Crippen molar-refractivity contribution in [1.29, 1.82) is 0 Å². The van der Waals surface area contributed by atoms with Crippen molar-refractivity contribution in [2.75, 3.05) is 18.6 Å². The molecule has 4 aromatic rings. The highest BCUT2D eigenvalue weighted by Gasteiger charge is 2.27. The Balaban J connectivity index is 1.68. The second kappa shape index (κ2) is 7.87. The molecule has 0 atom stereocenters. The van der Waals surface area contributed by atoms with E-state index in [0.717, 1.165) is 24.4 Å². The van der Waals surface area contributed by atoms with Crippen LogP contribution in [0, 0.1) is 0 Å². The minimum atomic E-state index is -0.422. The number of methoxy groups -OCH3 is 1. The molecule has 3 heterocycles. The van der Waals surface area contributed by atoms with Crippen LogP contribution in [0.3, 0.4) is 0 Å². The molecule has 8 nitrogen and oxygen atoms in total. The second-order valence-electron chi connectivity index (χ2n) is 7.76. The fraction of sp³-hybridized carbons (Fsp3) is 0.261. The minimum absolute atomic E-state index is 0.101. The number of rotatable bonds is 4. The molecule has 2 aromatic carbocycles. The summed E-state index contributed by atoms with van der Waals surface area (Å²) in [5.41, 5.74) is 1.68. The average molecular weight is 452 g/mol. The van der Waals surface area contributed by atoms with Crippen LogP contribution in [0.4, 0.5) is 11.6 Å². The summed E-state index contributed by atoms with van der Waals surface area (Å²) in [6.07, 6.45) is 0.845. The van der Waals surface area contributed by atoms with Crippen LogP contribution in [-0.4, -0.2) is 32.3 Å². The van der Waals surface area contributed by atoms with Crippen LogP contribution in [0.25, 0.3) is 11.2 Å². The molecule has 0 radical (unpaired) electrons. The van der Waals surface area contributed by atoms with E-state index in [0.29, 0.717) is 34.2 Å². The second-order valence-corrected chi connectivity index (χ2v) is 8.17. The number of hydrogen-bond acceptors (Lipinski definition) is 5. The van der Waals surface area contributed by atoms with E-state index in [1.54, 1.807) is 20.2 Å². The first kappa shape index (κ1) is 20.4. The third kappa shape index (κ3) is 3.18. The van der Waals surface area contributed by atoms with Gasteiger partial charge in [0.15, 0.2) is 11.2 Å². The van der Waals surface area contributed by atoms with E-state index >= 15 is 0 Å². The molecule has 9 heteroatoms. The van der Waals surface area contributed by atoms with Gasteiger partial charge in [0, 0.05) is 30.8 Å². The maximum atomic E-state index is 13.5. The predicted octanol–water partition coefficient (Wildman–Crippen LogP) is 3.15. The number of nitrogens with zero attached hydrogens (tertiary/aromatic N) is 5. The summed E-state index contributed by atoms with van der Waals surface area (Å²) in [6, 6.07) is 14.9. The summed E-state index contributed by atoms with van der Waals surface area (Å²) < 4.78 is 9.83. The van der Waals surface area contributed by atoms with Crippen LogP contribution >= 0.6 is 11.6 Å². The first-order chi connectivity index (χ1) is 15.5. The Morgan fingerprint density at radius 3 is 2.53 bits per heavy atom. The number of benzene rings is 2. The lowest BCUT2D eigenvalue weighted by atomic mass is 10.2. The number of anilines is 2. The molecule has 0 saturated heterocycles. The zero-order valence-corrected chi connectivity index (χ0v) is 18.5. The number of halogens is 1. The number of aryl methyl sites for hydroxylation is 2. The van der Waals surface area contributed by atoms with Crippen LogP contribution < -0.4 is 20.9 Å². The lowest BCUT2D eigenvalue weighted by molar-refractivity contribution is 0.415. The van der Waals surface area contributed by atoms with E-state index in [1.165, 1.54) is 9.13 Å². The van der Waals surface area contributed by atoms with Crippen molar-refractivity contribution in [2.45, 2.75) is 19.5 Å². The van der Waals surface area contributed by atoms with E-state index in [-0.39, 0.29) is 12.1 Å². The first-order valence-electron chi connectivity index (χ1n) is 10.3. The molecule has 1 aliphatic heterocycles. The molecule has 164 valence electrons. The third-order valence-corrected chi connectivity index (χ3v) is 6.26. The molecule has 0 spiro atoms. The Kier molecular flexibility index (Phi) is 5.01. The Morgan fingerprint density at radius 2 is 1.81 bits per heavy atom. The number of hydrogen-bond donors (Lipinski definition) is 0. The van der Waals surface area contributed by atoms with Gasteiger partial charge in [0.05, 0.1) is 13.7 Å². The van der Waals surface area contributed by atoms with Crippen LogP contribution in [0.1, 0.15) is 12.0 Å². The molecule has 0 amide bonds. The van der Waals surface area contributed by atoms with Crippen LogP contribution in [0.5, 0.6) is 5.75 Å². The van der Waals surface area contributed by atoms with Gasteiger partial charge in [-0.15, -0.1) is 0 Å². The topological polar surface area (TPSA) is 74.3 Å². The molecule has 0 bridgehead atoms. The molecule has 0 fully saturated rings. The fourth-order valence-electron chi connectivity index (χ4n) is 4.21. The van der Waals surface area contributed by atoms with Gasteiger partial charge in [-0.05, 0) is 42.3 Å². The van der Waals surface area contributed by atoms with Crippen molar-refractivity contribution in [2.24, 2.45) is 7.05 Å². The smallest absolute Gasteiger partial charge is 0.332 e. The van der Waals surface area contributed by atoms with Crippen LogP contribution in [0.15, 0.2) is 58.1 Å². The molecule has 0 aliphatic carbocycles. The molecule has 1 aliphatic rings. The summed E-state index contributed by atoms with van der Waals surface area (Å²) in [7, 11) is 3.27. The SMILES string of the molecule is COc1ccc(N2CCCn3c2nc2c3c(=O)n(Cc3ccccc3Cl)c(=O)n2C)cc1. The van der Waals surface area contributed by atoms with Crippen molar-refractivity contribution in [3.05, 3.63) is 80.0 Å². The van der Waals surface area contributed by atoms with E-state index < -0.39 is 5.69 Å². The normalized spacial score (nSPS) is 13.4. The number of fused-ring (bicyclic) bond motifs is 3. The molecular weight excluding hydrogens is 430 g/mol. The summed E-state index contributed by atoms with van der Waals surface area (Å²) in [6.45, 7) is 1.51. The summed E-state index contributed by atoms with van der Waals surface area (Å²) in [5.74, 6) is 1.42. The Morgan fingerprint density at radius 1 is 1.06 bits per heavy atom. The lowest BCUT2D eigenvalue weighted by Gasteiger charge is -2.29. The zero-order valence-electron chi connectivity index (χ0n) is 17.8. The molecule has 0 saturated carbocycles. The van der Waals surface area contributed by atoms with Crippen molar-refractivity contribution >= 4 is 34.4 Å². The van der Waals surface area contributed by atoms with Gasteiger partial charge in [0.2, 0.25) is 5.95 Å². The van der Waals surface area contributed by atoms with Gasteiger partial charge in [-0.2, -0.15) is 4.98 Å². The standard InChI is InChI=1S/C23H22ClN5O3/c1-26-20-19(21(30)29(23(26)31)14-15-6-3-4-7-18(15)24)28-13-5-12-27(22(28)25-20)16-8-10-17(32-2)11-9-16/h3-4,6-11H,5,12-14H2,1-2H3. The van der Waals surface area contributed by atoms with Gasteiger partial charge in [-0.1, -0.05) is 29.8 Å². The molecular formula is C23H22ClN5O3. The Bertz CT molecular complexity index is 1440. The van der Waals surface area contributed by atoms with Crippen molar-refractivity contribution in [1.82, 2.24) is 18.7 Å². The molecule has 5 rings (SSSR count). The van der Waals surface area contributed by atoms with Crippen LogP contribution in [-0.2, 0) is 20.1 Å². The lowest BCUT2D eigenvalue weighted by Crippen LogP contribution is -2.40. The molecule has 0 unspecified atom stereocenters. The summed E-state index contributed by atoms with van der Waals surface area (Å²) in [4.78, 5) is 33.3. The van der Waals surface area contributed by atoms with Gasteiger partial charge in [0.1, 0.15) is 5.75 Å². The monoisotopic (exact) mass is 451 g/mol. The van der Waals surface area contributed by atoms with E-state index in [2.05, 4.69) is 4.90 Å². The van der Waals surface area contributed by atoms with Crippen molar-refractivity contribution < 1.29 is 4.74 Å². The van der Waals surface area contributed by atoms with Crippen molar-refractivity contribution in [3.8, 4) is 5.75 Å². The van der Waals surface area contributed by atoms with Crippen LogP contribution in [0.2, 0.25) is 5.02 Å². The molecule has 32 heavy (non-hydrogen) atoms. The maximum absolute atomic E-state index is 13.5. The maximum Gasteiger partial charge on any atom is 0.332 e. The minimum Gasteiger partial charge on any atom is -0.497 e. The van der Waals surface area contributed by atoms with E-state index in [9.17, 15) is 9.59 Å².